The van der Waals surface area contributed by atoms with Crippen LogP contribution in [0.5, 0.6) is 0 Å². The van der Waals surface area contributed by atoms with Crippen LogP contribution >= 0.6 is 23.2 Å². The summed E-state index contributed by atoms with van der Waals surface area (Å²) in [5.41, 5.74) is 1.74. The van der Waals surface area contributed by atoms with E-state index < -0.39 is 0 Å². The lowest BCUT2D eigenvalue weighted by Gasteiger charge is -2.16. The molecule has 2 aromatic rings. The van der Waals surface area contributed by atoms with E-state index in [1.807, 2.05) is 42.5 Å². The Morgan fingerprint density at radius 2 is 1.67 bits per heavy atom. The first-order chi connectivity index (χ1) is 10.1. The fraction of sp³-hybridized carbons (Fsp3) is 0.118. The van der Waals surface area contributed by atoms with Crippen molar-refractivity contribution in [1.82, 2.24) is 4.90 Å². The van der Waals surface area contributed by atoms with Crippen LogP contribution in [-0.2, 0) is 11.3 Å². The zero-order chi connectivity index (χ0) is 15.2. The summed E-state index contributed by atoms with van der Waals surface area (Å²) in [6.45, 7) is 0.464. The van der Waals surface area contributed by atoms with Gasteiger partial charge in [-0.25, -0.2) is 0 Å². The molecule has 2 aromatic carbocycles. The molecule has 0 radical (unpaired) electrons. The van der Waals surface area contributed by atoms with Crippen LogP contribution in [0.2, 0.25) is 10.0 Å². The molecule has 0 aliphatic rings. The first-order valence-corrected chi connectivity index (χ1v) is 7.24. The van der Waals surface area contributed by atoms with Gasteiger partial charge in [-0.05, 0) is 29.3 Å². The number of benzene rings is 2. The maximum atomic E-state index is 12.1. The average molecular weight is 320 g/mol. The highest BCUT2D eigenvalue weighted by Crippen LogP contribution is 2.18. The summed E-state index contributed by atoms with van der Waals surface area (Å²) >= 11 is 12.1. The highest BCUT2D eigenvalue weighted by atomic mass is 35.5. The first-order valence-electron chi connectivity index (χ1n) is 6.49. The molecule has 1 amide bonds. The quantitative estimate of drug-likeness (QED) is 0.750. The van der Waals surface area contributed by atoms with Crippen molar-refractivity contribution in [2.24, 2.45) is 0 Å². The topological polar surface area (TPSA) is 20.3 Å². The van der Waals surface area contributed by atoms with E-state index >= 15 is 0 Å². The number of hydrogen-bond acceptors (Lipinski definition) is 1. The van der Waals surface area contributed by atoms with E-state index in [2.05, 4.69) is 0 Å². The van der Waals surface area contributed by atoms with Crippen molar-refractivity contribution in [1.29, 1.82) is 0 Å². The molecule has 0 aromatic heterocycles. The maximum absolute atomic E-state index is 12.1. The summed E-state index contributed by atoms with van der Waals surface area (Å²) in [6.07, 6.45) is 3.23. The van der Waals surface area contributed by atoms with E-state index in [4.69, 9.17) is 23.2 Å². The average Bonchev–Trinajstić information content (AvgIpc) is 2.48. The van der Waals surface area contributed by atoms with Crippen molar-refractivity contribution < 1.29 is 4.79 Å². The maximum Gasteiger partial charge on any atom is 0.246 e. The Kier molecular flexibility index (Phi) is 5.43. The van der Waals surface area contributed by atoms with Gasteiger partial charge in [0.05, 0.1) is 0 Å². The van der Waals surface area contributed by atoms with Crippen LogP contribution in [0.4, 0.5) is 0 Å². The van der Waals surface area contributed by atoms with Gasteiger partial charge in [0.25, 0.3) is 0 Å². The van der Waals surface area contributed by atoms with E-state index in [1.165, 1.54) is 6.08 Å². The van der Waals surface area contributed by atoms with Gasteiger partial charge in [-0.1, -0.05) is 59.6 Å². The van der Waals surface area contributed by atoms with E-state index in [0.29, 0.717) is 16.6 Å². The van der Waals surface area contributed by atoms with Crippen LogP contribution in [0.15, 0.2) is 54.6 Å². The molecule has 0 unspecified atom stereocenters. The van der Waals surface area contributed by atoms with Gasteiger partial charge in [0, 0.05) is 29.7 Å². The summed E-state index contributed by atoms with van der Waals surface area (Å²) in [6, 6.07) is 14.9. The lowest BCUT2D eigenvalue weighted by atomic mass is 10.2. The number of nitrogens with zero attached hydrogens (tertiary/aromatic N) is 1. The van der Waals surface area contributed by atoms with Gasteiger partial charge in [-0.3, -0.25) is 4.79 Å². The van der Waals surface area contributed by atoms with Crippen molar-refractivity contribution >= 4 is 35.2 Å². The molecule has 0 saturated carbocycles. The summed E-state index contributed by atoms with van der Waals surface area (Å²) in [5, 5.41) is 1.28. The van der Waals surface area contributed by atoms with E-state index in [-0.39, 0.29) is 5.91 Å². The molecular weight excluding hydrogens is 305 g/mol. The Balaban J connectivity index is 2.03. The fourth-order valence-corrected chi connectivity index (χ4v) is 2.25. The smallest absolute Gasteiger partial charge is 0.246 e. The molecule has 0 spiro atoms. The third kappa shape index (κ3) is 4.35. The third-order valence-corrected chi connectivity index (χ3v) is 3.77. The lowest BCUT2D eigenvalue weighted by Crippen LogP contribution is -2.24. The van der Waals surface area contributed by atoms with Crippen molar-refractivity contribution in [3.63, 3.8) is 0 Å². The second kappa shape index (κ2) is 7.30. The Morgan fingerprint density at radius 3 is 2.33 bits per heavy atom. The summed E-state index contributed by atoms with van der Waals surface area (Å²) in [5.74, 6) is -0.102. The molecule has 0 atom stereocenters. The Hall–Kier alpha value is -1.77. The minimum absolute atomic E-state index is 0.102. The predicted octanol–water partition coefficient (Wildman–Crippen LogP) is 4.67. The molecule has 2 nitrogen and oxygen atoms in total. The minimum atomic E-state index is -0.102. The number of halogens is 2. The van der Waals surface area contributed by atoms with Gasteiger partial charge in [0.2, 0.25) is 5.91 Å². The largest absolute Gasteiger partial charge is 0.338 e. The highest BCUT2D eigenvalue weighted by molar-refractivity contribution is 6.32. The predicted molar refractivity (Wildman–Crippen MR) is 88.4 cm³/mol. The molecule has 0 bridgehead atoms. The Morgan fingerprint density at radius 1 is 1.05 bits per heavy atom. The molecular formula is C17H15Cl2NO. The van der Waals surface area contributed by atoms with Crippen LogP contribution in [0, 0.1) is 0 Å². The Bertz CT molecular complexity index is 667. The van der Waals surface area contributed by atoms with Crippen molar-refractivity contribution in [3.8, 4) is 0 Å². The highest BCUT2D eigenvalue weighted by Gasteiger charge is 2.08. The van der Waals surface area contributed by atoms with Crippen LogP contribution in [0.3, 0.4) is 0 Å². The molecule has 108 valence electrons. The van der Waals surface area contributed by atoms with Gasteiger partial charge >= 0.3 is 0 Å². The summed E-state index contributed by atoms with van der Waals surface area (Å²) in [4.78, 5) is 13.7. The summed E-state index contributed by atoms with van der Waals surface area (Å²) < 4.78 is 0. The van der Waals surface area contributed by atoms with Crippen LogP contribution in [-0.4, -0.2) is 17.9 Å². The fourth-order valence-electron chi connectivity index (χ4n) is 1.86. The van der Waals surface area contributed by atoms with Gasteiger partial charge in [0.1, 0.15) is 0 Å². The number of rotatable bonds is 4. The number of carbonyl (C=O) groups excluding carboxylic acids is 1. The normalized spacial score (nSPS) is 10.8. The number of hydrogen-bond donors (Lipinski definition) is 0. The zero-order valence-corrected chi connectivity index (χ0v) is 13.1. The number of carbonyl (C=O) groups is 1. The molecule has 0 aliphatic heterocycles. The monoisotopic (exact) mass is 319 g/mol. The van der Waals surface area contributed by atoms with Crippen LogP contribution in [0.25, 0.3) is 6.08 Å². The third-order valence-electron chi connectivity index (χ3n) is 3.05. The molecule has 0 aliphatic carbocycles. The van der Waals surface area contributed by atoms with Crippen molar-refractivity contribution in [2.75, 3.05) is 7.05 Å². The van der Waals surface area contributed by atoms with Gasteiger partial charge in [-0.2, -0.15) is 0 Å². The number of amides is 1. The second-order valence-electron chi connectivity index (χ2n) is 4.64. The molecule has 4 heteroatoms. The molecule has 0 N–H and O–H groups in total. The Labute approximate surface area is 134 Å². The molecule has 2 rings (SSSR count). The van der Waals surface area contributed by atoms with Crippen LogP contribution in [0.1, 0.15) is 11.1 Å². The van der Waals surface area contributed by atoms with Crippen molar-refractivity contribution in [2.45, 2.75) is 6.54 Å². The van der Waals surface area contributed by atoms with E-state index in [1.54, 1.807) is 24.1 Å². The van der Waals surface area contributed by atoms with E-state index in [9.17, 15) is 4.79 Å². The SMILES string of the molecule is CN(Cc1ccccc1Cl)C(=O)C=Cc1ccccc1Cl. The second-order valence-corrected chi connectivity index (χ2v) is 5.45. The first kappa shape index (κ1) is 15.6. The molecule has 21 heavy (non-hydrogen) atoms. The molecule has 0 saturated heterocycles. The number of likely N-dealkylation sites (N-methyl/N-ethyl adjacent to an activating group) is 1. The molecule has 0 heterocycles. The lowest BCUT2D eigenvalue weighted by molar-refractivity contribution is -0.125. The minimum Gasteiger partial charge on any atom is -0.338 e. The van der Waals surface area contributed by atoms with Gasteiger partial charge < -0.3 is 4.90 Å². The standard InChI is InChI=1S/C17H15Cl2NO/c1-20(12-14-7-3-5-9-16(14)19)17(21)11-10-13-6-2-4-8-15(13)18/h2-11H,12H2,1H3. The van der Waals surface area contributed by atoms with Crippen LogP contribution < -0.4 is 0 Å². The molecule has 0 fully saturated rings. The van der Waals surface area contributed by atoms with Gasteiger partial charge in [-0.15, -0.1) is 0 Å². The van der Waals surface area contributed by atoms with E-state index in [0.717, 1.165) is 11.1 Å². The zero-order valence-electron chi connectivity index (χ0n) is 11.6. The van der Waals surface area contributed by atoms with Gasteiger partial charge in [0.15, 0.2) is 0 Å². The summed E-state index contributed by atoms with van der Waals surface area (Å²) in [7, 11) is 1.74. The van der Waals surface area contributed by atoms with Crippen molar-refractivity contribution in [3.05, 3.63) is 75.8 Å².